The van der Waals surface area contributed by atoms with Crippen molar-refractivity contribution in [1.29, 1.82) is 5.26 Å². The third-order valence-corrected chi connectivity index (χ3v) is 6.54. The molecular formula is C33H26N2O2. The van der Waals surface area contributed by atoms with Crippen molar-refractivity contribution >= 4 is 39.2 Å². The first-order chi connectivity index (χ1) is 18.0. The number of nitriles is 1. The zero-order valence-electron chi connectivity index (χ0n) is 20.8. The summed E-state index contributed by atoms with van der Waals surface area (Å²) in [7, 11) is 0. The standard InChI is InChI=1S/C33H26N2O2/c1-22-11-16-27(17-12-22)35-33(36)26(20-34)19-30-28-9-5-3-8-25(28)15-18-32(30)37-21-31-23(2)13-14-24-7-4-6-10-29(24)31/h3-19H,21H2,1-2H3,(H,35,36)/b26-19+. The summed E-state index contributed by atoms with van der Waals surface area (Å²) in [6.45, 7) is 4.42. The van der Waals surface area contributed by atoms with Gasteiger partial charge in [-0.15, -0.1) is 0 Å². The number of rotatable bonds is 6. The molecule has 37 heavy (non-hydrogen) atoms. The average Bonchev–Trinajstić information content (AvgIpc) is 2.92. The van der Waals surface area contributed by atoms with E-state index in [4.69, 9.17) is 4.74 Å². The minimum Gasteiger partial charge on any atom is -0.488 e. The molecule has 0 aliphatic rings. The van der Waals surface area contributed by atoms with Crippen LogP contribution in [0.3, 0.4) is 0 Å². The summed E-state index contributed by atoms with van der Waals surface area (Å²) in [4.78, 5) is 13.0. The Balaban J connectivity index is 1.53. The van der Waals surface area contributed by atoms with E-state index in [2.05, 4.69) is 42.6 Å². The van der Waals surface area contributed by atoms with Crippen molar-refractivity contribution in [3.05, 3.63) is 125 Å². The van der Waals surface area contributed by atoms with Crippen molar-refractivity contribution in [2.45, 2.75) is 20.5 Å². The molecular weight excluding hydrogens is 456 g/mol. The molecule has 0 spiro atoms. The molecule has 1 amide bonds. The molecule has 0 unspecified atom stereocenters. The van der Waals surface area contributed by atoms with E-state index in [1.807, 2.05) is 79.7 Å². The number of nitrogens with zero attached hydrogens (tertiary/aromatic N) is 1. The summed E-state index contributed by atoms with van der Waals surface area (Å²) in [5.74, 6) is 0.150. The maximum Gasteiger partial charge on any atom is 0.266 e. The molecule has 0 saturated carbocycles. The maximum atomic E-state index is 13.0. The van der Waals surface area contributed by atoms with E-state index in [1.165, 1.54) is 0 Å². The number of carbonyl (C=O) groups excluding carboxylic acids is 1. The Morgan fingerprint density at radius 2 is 1.49 bits per heavy atom. The van der Waals surface area contributed by atoms with Crippen molar-refractivity contribution in [2.75, 3.05) is 5.32 Å². The van der Waals surface area contributed by atoms with Gasteiger partial charge >= 0.3 is 0 Å². The van der Waals surface area contributed by atoms with Crippen molar-refractivity contribution in [1.82, 2.24) is 0 Å². The van der Waals surface area contributed by atoms with E-state index < -0.39 is 5.91 Å². The molecule has 180 valence electrons. The zero-order chi connectivity index (χ0) is 25.8. The Bertz CT molecular complexity index is 1690. The van der Waals surface area contributed by atoms with Gasteiger partial charge in [0.15, 0.2) is 0 Å². The highest BCUT2D eigenvalue weighted by Crippen LogP contribution is 2.32. The van der Waals surface area contributed by atoms with Crippen LogP contribution in [0.25, 0.3) is 27.6 Å². The van der Waals surface area contributed by atoms with Crippen molar-refractivity contribution in [3.8, 4) is 11.8 Å². The molecule has 1 N–H and O–H groups in total. The largest absolute Gasteiger partial charge is 0.488 e. The summed E-state index contributed by atoms with van der Waals surface area (Å²) in [6, 6.07) is 33.8. The van der Waals surface area contributed by atoms with E-state index in [-0.39, 0.29) is 5.57 Å². The van der Waals surface area contributed by atoms with Gasteiger partial charge in [-0.05, 0) is 65.2 Å². The van der Waals surface area contributed by atoms with Crippen molar-refractivity contribution < 1.29 is 9.53 Å². The molecule has 0 radical (unpaired) electrons. The first-order valence-electron chi connectivity index (χ1n) is 12.1. The van der Waals surface area contributed by atoms with E-state index in [0.29, 0.717) is 23.6 Å². The maximum absolute atomic E-state index is 13.0. The fourth-order valence-corrected chi connectivity index (χ4v) is 4.47. The number of benzene rings is 5. The fourth-order valence-electron chi connectivity index (χ4n) is 4.47. The zero-order valence-corrected chi connectivity index (χ0v) is 20.8. The van der Waals surface area contributed by atoms with Gasteiger partial charge in [0, 0.05) is 16.8 Å². The Kier molecular flexibility index (Phi) is 6.70. The summed E-state index contributed by atoms with van der Waals surface area (Å²) in [5, 5.41) is 16.9. The topological polar surface area (TPSA) is 62.1 Å². The molecule has 5 aromatic rings. The highest BCUT2D eigenvalue weighted by molar-refractivity contribution is 6.11. The van der Waals surface area contributed by atoms with Crippen LogP contribution in [0.5, 0.6) is 5.75 Å². The summed E-state index contributed by atoms with van der Waals surface area (Å²) in [6.07, 6.45) is 1.62. The van der Waals surface area contributed by atoms with Gasteiger partial charge in [0.1, 0.15) is 24.0 Å². The van der Waals surface area contributed by atoms with Gasteiger partial charge in [0.05, 0.1) is 0 Å². The highest BCUT2D eigenvalue weighted by atomic mass is 16.5. The van der Waals surface area contributed by atoms with Crippen LogP contribution in [-0.4, -0.2) is 5.91 Å². The molecule has 4 heteroatoms. The molecule has 5 rings (SSSR count). The molecule has 0 atom stereocenters. The first-order valence-corrected chi connectivity index (χ1v) is 12.1. The van der Waals surface area contributed by atoms with Crippen LogP contribution in [0.1, 0.15) is 22.3 Å². The van der Waals surface area contributed by atoms with Crippen molar-refractivity contribution in [2.24, 2.45) is 0 Å². The number of ether oxygens (including phenoxy) is 1. The molecule has 0 aromatic heterocycles. The molecule has 5 aromatic carbocycles. The van der Waals surface area contributed by atoms with Gasteiger partial charge in [-0.2, -0.15) is 5.26 Å². The quantitative estimate of drug-likeness (QED) is 0.199. The lowest BCUT2D eigenvalue weighted by Crippen LogP contribution is -2.13. The number of hydrogen-bond acceptors (Lipinski definition) is 3. The SMILES string of the molecule is Cc1ccc(NC(=O)/C(C#N)=C/c2c(OCc3c(C)ccc4ccccc34)ccc3ccccc23)cc1. The number of fused-ring (bicyclic) bond motifs is 2. The van der Waals surface area contributed by atoms with E-state index in [0.717, 1.165) is 38.2 Å². The van der Waals surface area contributed by atoms with Crippen molar-refractivity contribution in [3.63, 3.8) is 0 Å². The lowest BCUT2D eigenvalue weighted by Gasteiger charge is -2.15. The molecule has 0 fully saturated rings. The van der Waals surface area contributed by atoms with Crippen LogP contribution in [0.4, 0.5) is 5.69 Å². The number of anilines is 1. The number of nitrogens with one attached hydrogen (secondary N) is 1. The molecule has 0 saturated heterocycles. The summed E-state index contributed by atoms with van der Waals surface area (Å²) in [5.41, 5.74) is 4.69. The van der Waals surface area contributed by atoms with E-state index >= 15 is 0 Å². The minimum atomic E-state index is -0.463. The van der Waals surface area contributed by atoms with Crippen LogP contribution < -0.4 is 10.1 Å². The van der Waals surface area contributed by atoms with Gasteiger partial charge in [-0.3, -0.25) is 4.79 Å². The van der Waals surface area contributed by atoms with Gasteiger partial charge < -0.3 is 10.1 Å². The summed E-state index contributed by atoms with van der Waals surface area (Å²) < 4.78 is 6.39. The molecule has 0 aliphatic carbocycles. The Hall–Kier alpha value is -4.88. The second kappa shape index (κ2) is 10.4. The first kappa shape index (κ1) is 23.8. The van der Waals surface area contributed by atoms with Gasteiger partial charge in [0.2, 0.25) is 0 Å². The molecule has 0 aliphatic heterocycles. The number of carbonyl (C=O) groups is 1. The predicted octanol–water partition coefficient (Wildman–Crippen LogP) is 7.73. The Labute approximate surface area is 216 Å². The highest BCUT2D eigenvalue weighted by Gasteiger charge is 2.15. The monoisotopic (exact) mass is 482 g/mol. The van der Waals surface area contributed by atoms with Crippen LogP contribution in [-0.2, 0) is 11.4 Å². The normalized spacial score (nSPS) is 11.3. The number of aryl methyl sites for hydroxylation is 2. The van der Waals surface area contributed by atoms with Gasteiger partial charge in [-0.1, -0.05) is 84.4 Å². The lowest BCUT2D eigenvalue weighted by atomic mass is 9.99. The summed E-state index contributed by atoms with van der Waals surface area (Å²) >= 11 is 0. The number of amides is 1. The Morgan fingerprint density at radius 1 is 0.838 bits per heavy atom. The molecule has 0 bridgehead atoms. The average molecular weight is 483 g/mol. The third kappa shape index (κ3) is 5.07. The third-order valence-electron chi connectivity index (χ3n) is 6.54. The minimum absolute atomic E-state index is 0.00289. The fraction of sp³-hybridized carbons (Fsp3) is 0.0909. The number of hydrogen-bond donors (Lipinski definition) is 1. The van der Waals surface area contributed by atoms with Crippen LogP contribution in [0, 0.1) is 25.2 Å². The van der Waals surface area contributed by atoms with Gasteiger partial charge in [0.25, 0.3) is 5.91 Å². The van der Waals surface area contributed by atoms with Gasteiger partial charge in [-0.25, -0.2) is 0 Å². The molecule has 4 nitrogen and oxygen atoms in total. The lowest BCUT2D eigenvalue weighted by molar-refractivity contribution is -0.112. The second-order valence-electron chi connectivity index (χ2n) is 9.06. The smallest absolute Gasteiger partial charge is 0.266 e. The molecule has 0 heterocycles. The van der Waals surface area contributed by atoms with E-state index in [9.17, 15) is 10.1 Å². The van der Waals surface area contributed by atoms with Crippen LogP contribution >= 0.6 is 0 Å². The Morgan fingerprint density at radius 3 is 2.22 bits per heavy atom. The van der Waals surface area contributed by atoms with Crippen LogP contribution in [0.15, 0.2) is 103 Å². The van der Waals surface area contributed by atoms with Crippen LogP contribution in [0.2, 0.25) is 0 Å². The van der Waals surface area contributed by atoms with E-state index in [1.54, 1.807) is 6.08 Å². The second-order valence-corrected chi connectivity index (χ2v) is 9.06. The predicted molar refractivity (Wildman–Crippen MR) is 150 cm³/mol.